The fraction of sp³-hybridized carbons (Fsp3) is 0.150. The van der Waals surface area contributed by atoms with E-state index in [2.05, 4.69) is 30.6 Å². The number of nitrogens with zero attached hydrogens (tertiary/aromatic N) is 4. The zero-order chi connectivity index (χ0) is 21.6. The van der Waals surface area contributed by atoms with Crippen molar-refractivity contribution in [3.05, 3.63) is 71.1 Å². The highest BCUT2D eigenvalue weighted by Crippen LogP contribution is 2.22. The van der Waals surface area contributed by atoms with E-state index in [0.29, 0.717) is 28.4 Å². The number of rotatable bonds is 8. The summed E-state index contributed by atoms with van der Waals surface area (Å²) in [6.07, 6.45) is 0.301. The van der Waals surface area contributed by atoms with E-state index in [0.717, 1.165) is 11.6 Å². The molecule has 0 atom stereocenters. The molecule has 2 aromatic carbocycles. The molecule has 31 heavy (non-hydrogen) atoms. The molecule has 1 amide bonds. The number of hydrogen-bond donors (Lipinski definition) is 2. The number of nitrogens with one attached hydrogen (secondary N) is 2. The van der Waals surface area contributed by atoms with Crippen LogP contribution in [0.2, 0.25) is 5.02 Å². The lowest BCUT2D eigenvalue weighted by atomic mass is 10.2. The van der Waals surface area contributed by atoms with E-state index in [1.807, 2.05) is 30.3 Å². The molecule has 2 heterocycles. The van der Waals surface area contributed by atoms with Gasteiger partial charge in [0.25, 0.3) is 0 Å². The van der Waals surface area contributed by atoms with Crippen molar-refractivity contribution in [1.82, 2.24) is 25.3 Å². The normalized spacial score (nSPS) is 10.9. The maximum absolute atomic E-state index is 13.7. The number of hydrogen-bond acceptors (Lipinski definition) is 7. The topological polar surface area (TPSA) is 110 Å². The van der Waals surface area contributed by atoms with Crippen LogP contribution in [0.4, 0.5) is 10.1 Å². The van der Waals surface area contributed by atoms with Gasteiger partial charge in [-0.15, -0.1) is 5.10 Å². The molecule has 0 aliphatic rings. The van der Waals surface area contributed by atoms with Crippen LogP contribution in [0.15, 0.2) is 58.2 Å². The van der Waals surface area contributed by atoms with Gasteiger partial charge in [-0.05, 0) is 18.2 Å². The van der Waals surface area contributed by atoms with Crippen molar-refractivity contribution in [2.75, 3.05) is 5.32 Å². The molecule has 0 aliphatic carbocycles. The van der Waals surface area contributed by atoms with Gasteiger partial charge < -0.3 is 9.84 Å². The van der Waals surface area contributed by atoms with Crippen molar-refractivity contribution >= 4 is 35.0 Å². The summed E-state index contributed by atoms with van der Waals surface area (Å²) < 4.78 is 18.9. The minimum Gasteiger partial charge on any atom is -0.339 e. The molecule has 2 N–H and O–H groups in total. The van der Waals surface area contributed by atoms with Gasteiger partial charge in [0.1, 0.15) is 5.82 Å². The summed E-state index contributed by atoms with van der Waals surface area (Å²) in [6.45, 7) is 0. The highest BCUT2D eigenvalue weighted by Gasteiger charge is 2.13. The van der Waals surface area contributed by atoms with Crippen molar-refractivity contribution in [3.8, 4) is 11.4 Å². The second-order valence-electron chi connectivity index (χ2n) is 6.40. The monoisotopic (exact) mass is 458 g/mol. The maximum atomic E-state index is 13.7. The second kappa shape index (κ2) is 9.71. The average molecular weight is 459 g/mol. The van der Waals surface area contributed by atoms with Gasteiger partial charge in [-0.1, -0.05) is 58.9 Å². The fourth-order valence-electron chi connectivity index (χ4n) is 2.64. The van der Waals surface area contributed by atoms with Crippen molar-refractivity contribution in [3.63, 3.8) is 0 Å². The van der Waals surface area contributed by atoms with Crippen LogP contribution in [0.3, 0.4) is 0 Å². The number of aromatic nitrogens is 5. The molecule has 158 valence electrons. The van der Waals surface area contributed by atoms with Gasteiger partial charge in [-0.3, -0.25) is 9.89 Å². The largest absolute Gasteiger partial charge is 0.339 e. The molecule has 0 unspecified atom stereocenters. The lowest BCUT2D eigenvalue weighted by molar-refractivity contribution is -0.116. The predicted octanol–water partition coefficient (Wildman–Crippen LogP) is 4.51. The summed E-state index contributed by atoms with van der Waals surface area (Å²) in [5.74, 6) is 0.917. The van der Waals surface area contributed by atoms with Crippen molar-refractivity contribution < 1.29 is 13.7 Å². The Bertz CT molecular complexity index is 1180. The van der Waals surface area contributed by atoms with Crippen LogP contribution in [0, 0.1) is 5.82 Å². The number of aryl methyl sites for hydroxylation is 1. The number of amides is 1. The highest BCUT2D eigenvalue weighted by atomic mass is 35.5. The first-order chi connectivity index (χ1) is 15.1. The number of carbonyl (C=O) groups excluding carboxylic acids is 1. The average Bonchev–Trinajstić information content (AvgIpc) is 3.43. The van der Waals surface area contributed by atoms with Crippen molar-refractivity contribution in [2.45, 2.75) is 23.8 Å². The Kier molecular flexibility index (Phi) is 6.58. The quantitative estimate of drug-likeness (QED) is 0.374. The summed E-state index contributed by atoms with van der Waals surface area (Å²) in [6, 6.07) is 13.7. The van der Waals surface area contributed by atoms with Gasteiger partial charge >= 0.3 is 0 Å². The molecule has 2 aromatic heterocycles. The van der Waals surface area contributed by atoms with Crippen LogP contribution in [0.5, 0.6) is 0 Å². The number of H-pyrrole nitrogens is 1. The van der Waals surface area contributed by atoms with Gasteiger partial charge in [-0.2, -0.15) is 4.98 Å². The van der Waals surface area contributed by atoms with E-state index in [-0.39, 0.29) is 29.5 Å². The van der Waals surface area contributed by atoms with Gasteiger partial charge in [-0.25, -0.2) is 9.37 Å². The van der Waals surface area contributed by atoms with Gasteiger partial charge in [0, 0.05) is 23.4 Å². The van der Waals surface area contributed by atoms with E-state index in [1.165, 1.54) is 23.9 Å². The predicted molar refractivity (Wildman–Crippen MR) is 114 cm³/mol. The Hall–Kier alpha value is -3.24. The van der Waals surface area contributed by atoms with Crippen LogP contribution < -0.4 is 5.32 Å². The molecular formula is C20H16ClFN6O2S. The standard InChI is InChI=1S/C20H16ClFN6O2S/c21-13-6-7-15(14(22)10-13)23-17(29)8-9-18-24-16(28-30-18)11-31-20-25-19(26-27-20)12-4-2-1-3-5-12/h1-7,10H,8-9,11H2,(H,23,29)(H,25,26,27). The minimum atomic E-state index is -0.597. The molecule has 0 bridgehead atoms. The van der Waals surface area contributed by atoms with E-state index >= 15 is 0 Å². The van der Waals surface area contributed by atoms with Crippen molar-refractivity contribution in [1.29, 1.82) is 0 Å². The van der Waals surface area contributed by atoms with Crippen LogP contribution in [-0.4, -0.2) is 31.2 Å². The highest BCUT2D eigenvalue weighted by molar-refractivity contribution is 7.98. The zero-order valence-corrected chi connectivity index (χ0v) is 17.6. The summed E-state index contributed by atoms with van der Waals surface area (Å²) in [7, 11) is 0. The number of halogens is 2. The van der Waals surface area contributed by atoms with Crippen LogP contribution in [0.25, 0.3) is 11.4 Å². The summed E-state index contributed by atoms with van der Waals surface area (Å²) in [4.78, 5) is 20.7. The van der Waals surface area contributed by atoms with E-state index in [4.69, 9.17) is 16.1 Å². The molecule has 8 nitrogen and oxygen atoms in total. The van der Waals surface area contributed by atoms with Gasteiger partial charge in [0.05, 0.1) is 11.4 Å². The lowest BCUT2D eigenvalue weighted by Crippen LogP contribution is -2.13. The molecule has 0 saturated heterocycles. The van der Waals surface area contributed by atoms with E-state index in [9.17, 15) is 9.18 Å². The fourth-order valence-corrected chi connectivity index (χ4v) is 3.44. The Morgan fingerprint density at radius 3 is 2.84 bits per heavy atom. The number of anilines is 1. The summed E-state index contributed by atoms with van der Waals surface area (Å²) >= 11 is 7.06. The van der Waals surface area contributed by atoms with Crippen LogP contribution in [-0.2, 0) is 17.0 Å². The Labute approximate surface area is 185 Å². The number of benzene rings is 2. The molecular weight excluding hydrogens is 443 g/mol. The molecule has 11 heteroatoms. The molecule has 4 rings (SSSR count). The molecule has 0 aliphatic heterocycles. The van der Waals surface area contributed by atoms with Crippen LogP contribution >= 0.6 is 23.4 Å². The molecule has 0 radical (unpaired) electrons. The van der Waals surface area contributed by atoms with Crippen molar-refractivity contribution in [2.24, 2.45) is 0 Å². The SMILES string of the molecule is O=C(CCc1nc(CSc2n[nH]c(-c3ccccc3)n2)no1)Nc1ccc(Cl)cc1F. The van der Waals surface area contributed by atoms with Crippen LogP contribution in [0.1, 0.15) is 18.1 Å². The third-order valence-corrected chi connectivity index (χ3v) is 5.20. The second-order valence-corrected chi connectivity index (χ2v) is 7.78. The first-order valence-corrected chi connectivity index (χ1v) is 10.6. The van der Waals surface area contributed by atoms with E-state index in [1.54, 1.807) is 0 Å². The third kappa shape index (κ3) is 5.68. The Morgan fingerprint density at radius 2 is 2.03 bits per heavy atom. The lowest BCUT2D eigenvalue weighted by Gasteiger charge is -2.05. The van der Waals surface area contributed by atoms with Gasteiger partial charge in [0.2, 0.25) is 17.0 Å². The molecule has 4 aromatic rings. The molecule has 0 saturated carbocycles. The molecule has 0 spiro atoms. The van der Waals surface area contributed by atoms with E-state index < -0.39 is 5.82 Å². The third-order valence-electron chi connectivity index (χ3n) is 4.12. The minimum absolute atomic E-state index is 0.0677. The summed E-state index contributed by atoms with van der Waals surface area (Å²) in [5.41, 5.74) is 1.01. The van der Waals surface area contributed by atoms with Gasteiger partial charge in [0.15, 0.2) is 11.6 Å². The first kappa shape index (κ1) is 21.0. The Morgan fingerprint density at radius 1 is 1.19 bits per heavy atom. The number of carbonyl (C=O) groups is 1. The smallest absolute Gasteiger partial charge is 0.227 e. The zero-order valence-electron chi connectivity index (χ0n) is 16.0. The summed E-state index contributed by atoms with van der Waals surface area (Å²) in [5, 5.41) is 14.3. The maximum Gasteiger partial charge on any atom is 0.227 e. The number of aromatic amines is 1. The molecule has 0 fully saturated rings. The number of thioether (sulfide) groups is 1. The Balaban J connectivity index is 1.26. The first-order valence-electron chi connectivity index (χ1n) is 9.24.